The van der Waals surface area contributed by atoms with E-state index in [1.54, 1.807) is 50.2 Å². The van der Waals surface area contributed by atoms with Crippen LogP contribution in [0.2, 0.25) is 0 Å². The summed E-state index contributed by atoms with van der Waals surface area (Å²) in [5.41, 5.74) is 2.38. The van der Waals surface area contributed by atoms with E-state index in [1.165, 1.54) is 0 Å². The van der Waals surface area contributed by atoms with Crippen molar-refractivity contribution in [2.24, 2.45) is 0 Å². The third-order valence-electron chi connectivity index (χ3n) is 3.96. The standard InChI is InChI=1S/C20H24N2O5S/c1-4-27-20(24)16-7-9-17(10-8-16)22-19(23)11-12-21-28(25,26)18-13-14(2)5-6-15(18)3/h5-10,13,21H,4,11-12H2,1-3H3,(H,22,23). The molecule has 0 aromatic heterocycles. The van der Waals surface area contributed by atoms with Gasteiger partial charge >= 0.3 is 5.97 Å². The molecule has 0 saturated carbocycles. The second kappa shape index (κ2) is 9.48. The van der Waals surface area contributed by atoms with Crippen LogP contribution >= 0.6 is 0 Å². The maximum atomic E-state index is 12.4. The zero-order chi connectivity index (χ0) is 20.7. The molecule has 7 nitrogen and oxygen atoms in total. The van der Waals surface area contributed by atoms with Crippen molar-refractivity contribution in [3.8, 4) is 0 Å². The van der Waals surface area contributed by atoms with Gasteiger partial charge in [0.05, 0.1) is 17.1 Å². The van der Waals surface area contributed by atoms with Gasteiger partial charge in [0.15, 0.2) is 0 Å². The largest absolute Gasteiger partial charge is 0.462 e. The topological polar surface area (TPSA) is 102 Å². The van der Waals surface area contributed by atoms with Crippen molar-refractivity contribution in [3.05, 3.63) is 59.2 Å². The monoisotopic (exact) mass is 404 g/mol. The summed E-state index contributed by atoms with van der Waals surface area (Å²) in [6.07, 6.45) is -0.0241. The molecule has 0 saturated heterocycles. The number of ether oxygens (including phenoxy) is 1. The van der Waals surface area contributed by atoms with Gasteiger partial charge in [-0.2, -0.15) is 0 Å². The van der Waals surface area contributed by atoms with Crippen LogP contribution in [0.25, 0.3) is 0 Å². The van der Waals surface area contributed by atoms with Crippen molar-refractivity contribution < 1.29 is 22.7 Å². The Balaban J connectivity index is 1.89. The summed E-state index contributed by atoms with van der Waals surface area (Å²) in [5, 5.41) is 2.66. The molecule has 0 aliphatic carbocycles. The molecule has 0 bridgehead atoms. The number of rotatable bonds is 8. The van der Waals surface area contributed by atoms with E-state index in [0.717, 1.165) is 5.56 Å². The first-order chi connectivity index (χ1) is 13.2. The number of sulfonamides is 1. The van der Waals surface area contributed by atoms with Crippen molar-refractivity contribution >= 4 is 27.6 Å². The lowest BCUT2D eigenvalue weighted by atomic mass is 10.2. The van der Waals surface area contributed by atoms with Gasteiger partial charge in [0, 0.05) is 18.7 Å². The van der Waals surface area contributed by atoms with Gasteiger partial charge in [-0.25, -0.2) is 17.9 Å². The lowest BCUT2D eigenvalue weighted by molar-refractivity contribution is -0.116. The second-order valence-corrected chi connectivity index (χ2v) is 8.00. The Morgan fingerprint density at radius 2 is 1.71 bits per heavy atom. The fourth-order valence-corrected chi connectivity index (χ4v) is 3.86. The number of aryl methyl sites for hydroxylation is 2. The highest BCUT2D eigenvalue weighted by atomic mass is 32.2. The number of carbonyl (C=O) groups excluding carboxylic acids is 2. The average Bonchev–Trinajstić information content (AvgIpc) is 2.64. The molecule has 2 aromatic rings. The van der Waals surface area contributed by atoms with E-state index in [1.807, 2.05) is 13.0 Å². The van der Waals surface area contributed by atoms with Gasteiger partial charge in [-0.15, -0.1) is 0 Å². The molecule has 2 aromatic carbocycles. The van der Waals surface area contributed by atoms with Crippen molar-refractivity contribution in [1.29, 1.82) is 0 Å². The van der Waals surface area contributed by atoms with Crippen LogP contribution in [0.3, 0.4) is 0 Å². The SMILES string of the molecule is CCOC(=O)c1ccc(NC(=O)CCNS(=O)(=O)c2cc(C)ccc2C)cc1. The van der Waals surface area contributed by atoms with E-state index in [-0.39, 0.29) is 30.4 Å². The zero-order valence-corrected chi connectivity index (χ0v) is 16.9. The van der Waals surface area contributed by atoms with Crippen molar-refractivity contribution in [2.75, 3.05) is 18.5 Å². The number of hydrogen-bond acceptors (Lipinski definition) is 5. The van der Waals surface area contributed by atoms with Crippen molar-refractivity contribution in [2.45, 2.75) is 32.1 Å². The first kappa shape index (κ1) is 21.6. The van der Waals surface area contributed by atoms with Crippen LogP contribution in [0, 0.1) is 13.8 Å². The molecule has 8 heteroatoms. The van der Waals surface area contributed by atoms with Gasteiger partial charge < -0.3 is 10.1 Å². The van der Waals surface area contributed by atoms with E-state index in [0.29, 0.717) is 16.8 Å². The second-order valence-electron chi connectivity index (χ2n) is 6.26. The first-order valence-electron chi connectivity index (χ1n) is 8.87. The van der Waals surface area contributed by atoms with E-state index < -0.39 is 16.0 Å². The number of carbonyl (C=O) groups is 2. The molecule has 0 atom stereocenters. The molecule has 0 aliphatic rings. The molecule has 2 N–H and O–H groups in total. The maximum absolute atomic E-state index is 12.4. The molecular formula is C20H24N2O5S. The summed E-state index contributed by atoms with van der Waals surface area (Å²) < 4.78 is 32.2. The normalized spacial score (nSPS) is 11.1. The Morgan fingerprint density at radius 1 is 1.04 bits per heavy atom. The van der Waals surface area contributed by atoms with E-state index in [2.05, 4.69) is 10.0 Å². The van der Waals surface area contributed by atoms with Gasteiger partial charge in [0.1, 0.15) is 0 Å². The van der Waals surface area contributed by atoms with Gasteiger partial charge in [-0.1, -0.05) is 12.1 Å². The van der Waals surface area contributed by atoms with Crippen LogP contribution in [-0.2, 0) is 19.6 Å². The third kappa shape index (κ3) is 5.90. The van der Waals surface area contributed by atoms with Crippen LogP contribution in [0.15, 0.2) is 47.4 Å². The molecule has 0 heterocycles. The van der Waals surface area contributed by atoms with Gasteiger partial charge in [-0.05, 0) is 62.2 Å². The van der Waals surface area contributed by atoms with Gasteiger partial charge in [0.2, 0.25) is 15.9 Å². The molecule has 1 amide bonds. The third-order valence-corrected chi connectivity index (χ3v) is 5.56. The minimum absolute atomic E-state index is 0.0241. The lowest BCUT2D eigenvalue weighted by Crippen LogP contribution is -2.28. The predicted octanol–water partition coefficient (Wildman–Crippen LogP) is 2.79. The van der Waals surface area contributed by atoms with E-state index in [9.17, 15) is 18.0 Å². The van der Waals surface area contributed by atoms with Gasteiger partial charge in [-0.3, -0.25) is 4.79 Å². The zero-order valence-electron chi connectivity index (χ0n) is 16.1. The summed E-state index contributed by atoms with van der Waals surface area (Å²) in [7, 11) is -3.68. The Morgan fingerprint density at radius 3 is 2.36 bits per heavy atom. The van der Waals surface area contributed by atoms with Crippen LogP contribution in [-0.4, -0.2) is 33.4 Å². The van der Waals surface area contributed by atoms with Gasteiger partial charge in [0.25, 0.3) is 0 Å². The summed E-state index contributed by atoms with van der Waals surface area (Å²) in [6.45, 7) is 5.53. The lowest BCUT2D eigenvalue weighted by Gasteiger charge is -2.10. The quantitative estimate of drug-likeness (QED) is 0.659. The summed E-state index contributed by atoms with van der Waals surface area (Å²) in [6, 6.07) is 11.5. The van der Waals surface area contributed by atoms with Crippen LogP contribution in [0.5, 0.6) is 0 Å². The minimum Gasteiger partial charge on any atom is -0.462 e. The summed E-state index contributed by atoms with van der Waals surface area (Å²) in [4.78, 5) is 23.9. The molecule has 0 fully saturated rings. The molecule has 0 radical (unpaired) electrons. The number of esters is 1. The average molecular weight is 404 g/mol. The Kier molecular flexibility index (Phi) is 7.31. The van der Waals surface area contributed by atoms with E-state index in [4.69, 9.17) is 4.74 Å². The first-order valence-corrected chi connectivity index (χ1v) is 10.3. The number of anilines is 1. The molecule has 28 heavy (non-hydrogen) atoms. The number of benzene rings is 2. The smallest absolute Gasteiger partial charge is 0.338 e. The fraction of sp³-hybridized carbons (Fsp3) is 0.300. The van der Waals surface area contributed by atoms with Crippen molar-refractivity contribution in [3.63, 3.8) is 0 Å². The van der Waals surface area contributed by atoms with Crippen LogP contribution in [0.1, 0.15) is 34.8 Å². The number of amides is 1. The Bertz CT molecular complexity index is 953. The fourth-order valence-electron chi connectivity index (χ4n) is 2.50. The number of nitrogens with one attached hydrogen (secondary N) is 2. The highest BCUT2D eigenvalue weighted by molar-refractivity contribution is 7.89. The minimum atomic E-state index is -3.68. The maximum Gasteiger partial charge on any atom is 0.338 e. The molecule has 2 rings (SSSR count). The highest BCUT2D eigenvalue weighted by Gasteiger charge is 2.17. The van der Waals surface area contributed by atoms with E-state index >= 15 is 0 Å². The molecule has 0 aliphatic heterocycles. The summed E-state index contributed by atoms with van der Waals surface area (Å²) in [5.74, 6) is -0.770. The van der Waals surface area contributed by atoms with Crippen LogP contribution < -0.4 is 10.0 Å². The number of hydrogen-bond donors (Lipinski definition) is 2. The molecular weight excluding hydrogens is 380 g/mol. The van der Waals surface area contributed by atoms with Crippen molar-refractivity contribution in [1.82, 2.24) is 4.72 Å². The summed E-state index contributed by atoms with van der Waals surface area (Å²) >= 11 is 0. The Hall–Kier alpha value is -2.71. The predicted molar refractivity (Wildman–Crippen MR) is 107 cm³/mol. The highest BCUT2D eigenvalue weighted by Crippen LogP contribution is 2.16. The Labute approximate surface area is 165 Å². The molecule has 0 spiro atoms. The molecule has 0 unspecified atom stereocenters. The molecule has 150 valence electrons. The van der Waals surface area contributed by atoms with Crippen LogP contribution in [0.4, 0.5) is 5.69 Å².